The number of nitrogens with one attached hydrogen (secondary N) is 1. The lowest BCUT2D eigenvalue weighted by Gasteiger charge is -2.27. The van der Waals surface area contributed by atoms with Crippen LogP contribution in [0.2, 0.25) is 0 Å². The molecular weight excluding hydrogens is 280 g/mol. The largest absolute Gasteiger partial charge is 0.380 e. The molecule has 2 amide bonds. The fraction of sp³-hybridized carbons (Fsp3) is 0.471. The number of rotatable bonds is 5. The number of fused-ring (bicyclic) bond motifs is 1. The van der Waals surface area contributed by atoms with Crippen molar-refractivity contribution in [2.45, 2.75) is 26.7 Å². The summed E-state index contributed by atoms with van der Waals surface area (Å²) in [7, 11) is 1.60. The van der Waals surface area contributed by atoms with E-state index < -0.39 is 0 Å². The Morgan fingerprint density at radius 1 is 1.36 bits per heavy atom. The van der Waals surface area contributed by atoms with Gasteiger partial charge in [0.2, 0.25) is 11.8 Å². The summed E-state index contributed by atoms with van der Waals surface area (Å²) in [5.41, 5.74) is 2.24. The van der Waals surface area contributed by atoms with Gasteiger partial charge in [-0.1, -0.05) is 19.9 Å². The number of hydrogen-bond donors (Lipinski definition) is 1. The van der Waals surface area contributed by atoms with Gasteiger partial charge >= 0.3 is 0 Å². The van der Waals surface area contributed by atoms with Gasteiger partial charge in [-0.25, -0.2) is 4.99 Å². The van der Waals surface area contributed by atoms with Crippen molar-refractivity contribution in [2.75, 3.05) is 13.7 Å². The normalized spacial score (nSPS) is 22.3. The van der Waals surface area contributed by atoms with Crippen LogP contribution in [0.5, 0.6) is 0 Å². The molecule has 0 spiro atoms. The molecule has 0 aromatic carbocycles. The maximum Gasteiger partial charge on any atom is 0.249 e. The molecule has 1 atom stereocenters. The molecule has 1 heterocycles. The summed E-state index contributed by atoms with van der Waals surface area (Å²) in [4.78, 5) is 28.0. The third kappa shape index (κ3) is 3.60. The molecule has 2 rings (SSSR count). The summed E-state index contributed by atoms with van der Waals surface area (Å²) in [6.07, 6.45) is 8.67. The number of aliphatic imine (C=N–C) groups is 1. The monoisotopic (exact) mass is 302 g/mol. The van der Waals surface area contributed by atoms with E-state index in [1.165, 1.54) is 0 Å². The maximum atomic E-state index is 12.1. The van der Waals surface area contributed by atoms with Crippen LogP contribution in [-0.4, -0.2) is 31.2 Å². The highest BCUT2D eigenvalue weighted by molar-refractivity contribution is 6.11. The fourth-order valence-electron chi connectivity index (χ4n) is 2.69. The minimum Gasteiger partial charge on any atom is -0.380 e. The van der Waals surface area contributed by atoms with Crippen LogP contribution in [0.15, 0.2) is 40.6 Å². The minimum absolute atomic E-state index is 0.0140. The quantitative estimate of drug-likeness (QED) is 0.846. The zero-order chi connectivity index (χ0) is 16.1. The Balaban J connectivity index is 2.22. The summed E-state index contributed by atoms with van der Waals surface area (Å²) in [6, 6.07) is 0. The van der Waals surface area contributed by atoms with Gasteiger partial charge in [0.25, 0.3) is 0 Å². The van der Waals surface area contributed by atoms with Gasteiger partial charge in [0.1, 0.15) is 0 Å². The molecule has 0 radical (unpaired) electrons. The molecule has 0 bridgehead atoms. The smallest absolute Gasteiger partial charge is 0.249 e. The first-order valence-electron chi connectivity index (χ1n) is 7.61. The SMILES string of the molecule is CCC(CC)C(=O)N=C1C=CC2C(COC)=CC(=O)NC2=C1. The Kier molecular flexibility index (Phi) is 5.44. The lowest BCUT2D eigenvalue weighted by Crippen LogP contribution is -2.34. The Bertz CT molecular complexity index is 581. The van der Waals surface area contributed by atoms with Crippen LogP contribution in [0.25, 0.3) is 0 Å². The molecule has 1 aliphatic heterocycles. The third-order valence-electron chi connectivity index (χ3n) is 3.97. The number of amides is 2. The van der Waals surface area contributed by atoms with Gasteiger partial charge in [-0.05, 0) is 30.6 Å². The van der Waals surface area contributed by atoms with Crippen LogP contribution in [0.3, 0.4) is 0 Å². The predicted octanol–water partition coefficient (Wildman–Crippen LogP) is 2.16. The average molecular weight is 302 g/mol. The zero-order valence-corrected chi connectivity index (χ0v) is 13.3. The number of allylic oxidation sites excluding steroid dienone is 3. The molecule has 2 aliphatic rings. The molecule has 1 aliphatic carbocycles. The molecule has 0 aromatic heterocycles. The van der Waals surface area contributed by atoms with Crippen molar-refractivity contribution in [2.24, 2.45) is 16.8 Å². The van der Waals surface area contributed by atoms with E-state index in [0.717, 1.165) is 24.1 Å². The van der Waals surface area contributed by atoms with E-state index in [0.29, 0.717) is 12.3 Å². The highest BCUT2D eigenvalue weighted by Crippen LogP contribution is 2.27. The van der Waals surface area contributed by atoms with E-state index in [-0.39, 0.29) is 23.7 Å². The first kappa shape index (κ1) is 16.4. The topological polar surface area (TPSA) is 67.8 Å². The van der Waals surface area contributed by atoms with E-state index in [1.54, 1.807) is 19.3 Å². The van der Waals surface area contributed by atoms with Crippen molar-refractivity contribution in [3.8, 4) is 0 Å². The van der Waals surface area contributed by atoms with Gasteiger partial charge in [0.05, 0.1) is 12.3 Å². The van der Waals surface area contributed by atoms with Crippen molar-refractivity contribution >= 4 is 17.5 Å². The molecule has 0 aromatic rings. The summed E-state index contributed by atoms with van der Waals surface area (Å²) in [5.74, 6) is -0.327. The molecule has 118 valence electrons. The highest BCUT2D eigenvalue weighted by Gasteiger charge is 2.26. The highest BCUT2D eigenvalue weighted by atomic mass is 16.5. The number of carbonyl (C=O) groups is 2. The van der Waals surface area contributed by atoms with E-state index in [2.05, 4.69) is 10.3 Å². The zero-order valence-electron chi connectivity index (χ0n) is 13.3. The van der Waals surface area contributed by atoms with Crippen molar-refractivity contribution in [1.29, 1.82) is 0 Å². The van der Waals surface area contributed by atoms with Gasteiger partial charge in [-0.3, -0.25) is 9.59 Å². The van der Waals surface area contributed by atoms with Crippen LogP contribution in [0, 0.1) is 11.8 Å². The van der Waals surface area contributed by atoms with Crippen molar-refractivity contribution < 1.29 is 14.3 Å². The van der Waals surface area contributed by atoms with E-state index in [4.69, 9.17) is 4.74 Å². The van der Waals surface area contributed by atoms with Gasteiger partial charge in [0, 0.05) is 30.7 Å². The first-order chi connectivity index (χ1) is 10.6. The number of ether oxygens (including phenoxy) is 1. The molecule has 0 fully saturated rings. The second-order valence-corrected chi connectivity index (χ2v) is 5.47. The molecule has 0 saturated heterocycles. The van der Waals surface area contributed by atoms with Gasteiger partial charge in [-0.2, -0.15) is 0 Å². The lowest BCUT2D eigenvalue weighted by molar-refractivity contribution is -0.121. The lowest BCUT2D eigenvalue weighted by atomic mass is 9.88. The third-order valence-corrected chi connectivity index (χ3v) is 3.97. The Labute approximate surface area is 130 Å². The molecule has 1 unspecified atom stereocenters. The summed E-state index contributed by atoms with van der Waals surface area (Å²) in [5, 5.41) is 2.81. The van der Waals surface area contributed by atoms with Crippen LogP contribution in [0.1, 0.15) is 26.7 Å². The van der Waals surface area contributed by atoms with E-state index in [1.807, 2.05) is 26.0 Å². The second-order valence-electron chi connectivity index (χ2n) is 5.47. The van der Waals surface area contributed by atoms with Gasteiger partial charge in [0.15, 0.2) is 0 Å². The van der Waals surface area contributed by atoms with E-state index >= 15 is 0 Å². The minimum atomic E-state index is -0.171. The predicted molar refractivity (Wildman–Crippen MR) is 85.3 cm³/mol. The molecular formula is C17H22N2O3. The van der Waals surface area contributed by atoms with Crippen molar-refractivity contribution in [1.82, 2.24) is 5.32 Å². The first-order valence-corrected chi connectivity index (χ1v) is 7.61. The van der Waals surface area contributed by atoms with Crippen LogP contribution in [-0.2, 0) is 14.3 Å². The Hall–Kier alpha value is -2.01. The fourth-order valence-corrected chi connectivity index (χ4v) is 2.69. The second kappa shape index (κ2) is 7.31. The molecule has 1 N–H and O–H groups in total. The summed E-state index contributed by atoms with van der Waals surface area (Å²) >= 11 is 0. The van der Waals surface area contributed by atoms with E-state index in [9.17, 15) is 9.59 Å². The molecule has 5 heteroatoms. The molecule has 22 heavy (non-hydrogen) atoms. The van der Waals surface area contributed by atoms with Crippen molar-refractivity contribution in [3.05, 3.63) is 35.6 Å². The Morgan fingerprint density at radius 3 is 2.73 bits per heavy atom. The Morgan fingerprint density at radius 2 is 2.09 bits per heavy atom. The average Bonchev–Trinajstić information content (AvgIpc) is 2.48. The standard InChI is InChI=1S/C17H22N2O3/c1-4-11(5-2)17(21)18-13-6-7-14-12(10-22-3)8-16(20)19-15(14)9-13/h6-9,11,14H,4-5,10H2,1-3H3,(H,19,20). The molecule has 5 nitrogen and oxygen atoms in total. The van der Waals surface area contributed by atoms with Gasteiger partial charge < -0.3 is 10.1 Å². The number of nitrogens with zero attached hydrogens (tertiary/aromatic N) is 1. The maximum absolute atomic E-state index is 12.1. The van der Waals surface area contributed by atoms with Crippen LogP contribution < -0.4 is 5.32 Å². The summed E-state index contributed by atoms with van der Waals surface area (Å²) in [6.45, 7) is 4.38. The van der Waals surface area contributed by atoms with Crippen LogP contribution in [0.4, 0.5) is 0 Å². The van der Waals surface area contributed by atoms with Crippen molar-refractivity contribution in [3.63, 3.8) is 0 Å². The number of methoxy groups -OCH3 is 1. The van der Waals surface area contributed by atoms with Crippen LogP contribution >= 0.6 is 0 Å². The molecule has 0 saturated carbocycles. The van der Waals surface area contributed by atoms with Gasteiger partial charge in [-0.15, -0.1) is 0 Å². The number of hydrogen-bond acceptors (Lipinski definition) is 3. The summed E-state index contributed by atoms with van der Waals surface area (Å²) < 4.78 is 5.14. The number of carbonyl (C=O) groups excluding carboxylic acids is 2.